The molecule has 174 valence electrons. The molecular weight excluding hydrogens is 408 g/mol. The Kier molecular flexibility index (Phi) is 8.70. The first kappa shape index (κ1) is 23.8. The number of nitrogens with one attached hydrogen (secondary N) is 3. The summed E-state index contributed by atoms with van der Waals surface area (Å²) in [5.41, 5.74) is 1.01. The molecule has 0 aromatic heterocycles. The van der Waals surface area contributed by atoms with Gasteiger partial charge in [-0.05, 0) is 49.2 Å². The van der Waals surface area contributed by atoms with Crippen molar-refractivity contribution in [2.45, 2.75) is 51.1 Å². The van der Waals surface area contributed by atoms with Crippen LogP contribution in [0.15, 0.2) is 54.8 Å². The van der Waals surface area contributed by atoms with Crippen LogP contribution in [0.25, 0.3) is 0 Å². The van der Waals surface area contributed by atoms with Crippen molar-refractivity contribution in [3.63, 3.8) is 0 Å². The number of benzene rings is 1. The molecule has 0 aliphatic carbocycles. The summed E-state index contributed by atoms with van der Waals surface area (Å²) in [5.74, 6) is 0.168. The standard InChI is InChI=1S/C24H34N4O4/c1-17(2)11-13-25-15-20(29)19(14-18-8-4-3-5-9-18)27-23(30)21-16-28(24(31)32-21)22-10-6-7-12-26-22/h3-10,12,17,19-22,25-26,29H,11,13-16H2,1-2H3,(H,27,30). The smallest absolute Gasteiger partial charge is 0.412 e. The van der Waals surface area contributed by atoms with E-state index in [9.17, 15) is 14.7 Å². The van der Waals surface area contributed by atoms with E-state index < -0.39 is 30.3 Å². The predicted octanol–water partition coefficient (Wildman–Crippen LogP) is 1.53. The summed E-state index contributed by atoms with van der Waals surface area (Å²) in [6, 6.07) is 9.19. The number of amides is 2. The molecule has 1 saturated heterocycles. The van der Waals surface area contributed by atoms with Gasteiger partial charge in [-0.3, -0.25) is 9.69 Å². The molecule has 1 aromatic carbocycles. The van der Waals surface area contributed by atoms with Crippen LogP contribution in [0.4, 0.5) is 4.79 Å². The van der Waals surface area contributed by atoms with Gasteiger partial charge < -0.3 is 25.8 Å². The molecule has 4 N–H and O–H groups in total. The van der Waals surface area contributed by atoms with Crippen LogP contribution < -0.4 is 16.0 Å². The first-order valence-electron chi connectivity index (χ1n) is 11.2. The Hall–Kier alpha value is -2.84. The Morgan fingerprint density at radius 2 is 2.06 bits per heavy atom. The summed E-state index contributed by atoms with van der Waals surface area (Å²) in [6.45, 7) is 5.60. The normalized spacial score (nSPS) is 21.9. The largest absolute Gasteiger partial charge is 0.434 e. The molecule has 8 nitrogen and oxygen atoms in total. The van der Waals surface area contributed by atoms with Gasteiger partial charge in [0.2, 0.25) is 0 Å². The van der Waals surface area contributed by atoms with Gasteiger partial charge in [0.05, 0.1) is 18.7 Å². The van der Waals surface area contributed by atoms with Gasteiger partial charge in [-0.1, -0.05) is 50.3 Å². The fraction of sp³-hybridized carbons (Fsp3) is 0.500. The van der Waals surface area contributed by atoms with E-state index in [-0.39, 0.29) is 12.7 Å². The Balaban J connectivity index is 1.60. The lowest BCUT2D eigenvalue weighted by molar-refractivity contribution is -0.129. The van der Waals surface area contributed by atoms with Crippen LogP contribution in [0.3, 0.4) is 0 Å². The van der Waals surface area contributed by atoms with E-state index in [1.165, 1.54) is 4.90 Å². The number of cyclic esters (lactones) is 1. The maximum absolute atomic E-state index is 12.9. The van der Waals surface area contributed by atoms with Crippen LogP contribution >= 0.6 is 0 Å². The maximum atomic E-state index is 12.9. The number of dihydropyridines is 1. The summed E-state index contributed by atoms with van der Waals surface area (Å²) in [6.07, 6.45) is 6.11. The third-order valence-corrected chi connectivity index (χ3v) is 5.58. The first-order valence-corrected chi connectivity index (χ1v) is 11.2. The number of aliphatic hydroxyl groups is 1. The number of hydrogen-bond donors (Lipinski definition) is 4. The third kappa shape index (κ3) is 6.83. The second-order valence-corrected chi connectivity index (χ2v) is 8.64. The highest BCUT2D eigenvalue weighted by Crippen LogP contribution is 2.17. The Bertz CT molecular complexity index is 811. The average molecular weight is 443 g/mol. The highest BCUT2D eigenvalue weighted by Gasteiger charge is 2.40. The zero-order valence-corrected chi connectivity index (χ0v) is 18.7. The van der Waals surface area contributed by atoms with Crippen LogP contribution in [0.2, 0.25) is 0 Å². The molecule has 32 heavy (non-hydrogen) atoms. The quantitative estimate of drug-likeness (QED) is 0.388. The monoisotopic (exact) mass is 442 g/mol. The number of carbonyl (C=O) groups excluding carboxylic acids is 2. The average Bonchev–Trinajstić information content (AvgIpc) is 3.19. The third-order valence-electron chi connectivity index (χ3n) is 5.58. The van der Waals surface area contributed by atoms with Crippen molar-refractivity contribution in [3.8, 4) is 0 Å². The number of aliphatic hydroxyl groups excluding tert-OH is 1. The number of ether oxygens (including phenoxy) is 1. The summed E-state index contributed by atoms with van der Waals surface area (Å²) in [7, 11) is 0. The Labute approximate surface area is 189 Å². The van der Waals surface area contributed by atoms with Gasteiger partial charge in [0, 0.05) is 6.54 Å². The number of carbonyl (C=O) groups is 2. The van der Waals surface area contributed by atoms with Gasteiger partial charge in [0.25, 0.3) is 5.91 Å². The van der Waals surface area contributed by atoms with Crippen LogP contribution in [0.1, 0.15) is 25.8 Å². The van der Waals surface area contributed by atoms with E-state index in [4.69, 9.17) is 4.74 Å². The molecule has 3 rings (SSSR count). The molecular formula is C24H34N4O4. The minimum absolute atomic E-state index is 0.140. The lowest BCUT2D eigenvalue weighted by atomic mass is 10.0. The van der Waals surface area contributed by atoms with Crippen LogP contribution in [-0.2, 0) is 16.0 Å². The predicted molar refractivity (Wildman–Crippen MR) is 123 cm³/mol. The van der Waals surface area contributed by atoms with Gasteiger partial charge in [0.15, 0.2) is 6.10 Å². The first-order chi connectivity index (χ1) is 15.4. The van der Waals surface area contributed by atoms with Crippen molar-refractivity contribution in [3.05, 3.63) is 60.3 Å². The van der Waals surface area contributed by atoms with Crippen LogP contribution in [-0.4, -0.2) is 66.1 Å². The fourth-order valence-electron chi connectivity index (χ4n) is 3.68. The summed E-state index contributed by atoms with van der Waals surface area (Å²) >= 11 is 0. The minimum atomic E-state index is -0.928. The molecule has 0 spiro atoms. The van der Waals surface area contributed by atoms with Crippen molar-refractivity contribution in [1.29, 1.82) is 0 Å². The Morgan fingerprint density at radius 1 is 1.28 bits per heavy atom. The van der Waals surface area contributed by atoms with Crippen molar-refractivity contribution in [2.24, 2.45) is 5.92 Å². The van der Waals surface area contributed by atoms with Crippen LogP contribution in [0.5, 0.6) is 0 Å². The van der Waals surface area contributed by atoms with Gasteiger partial charge >= 0.3 is 6.09 Å². The SMILES string of the molecule is CC(C)CCNCC(O)C(Cc1ccccc1)NC(=O)C1CN(C2C=CC=CN2)C(=O)O1. The molecule has 0 bridgehead atoms. The number of rotatable bonds is 11. The fourth-order valence-corrected chi connectivity index (χ4v) is 3.68. The summed E-state index contributed by atoms with van der Waals surface area (Å²) < 4.78 is 5.32. The van der Waals surface area contributed by atoms with E-state index in [1.54, 1.807) is 6.20 Å². The summed E-state index contributed by atoms with van der Waals surface area (Å²) in [5, 5.41) is 20.1. The van der Waals surface area contributed by atoms with E-state index in [0.29, 0.717) is 18.9 Å². The van der Waals surface area contributed by atoms with E-state index >= 15 is 0 Å². The highest BCUT2D eigenvalue weighted by molar-refractivity contribution is 5.86. The second-order valence-electron chi connectivity index (χ2n) is 8.64. The van der Waals surface area contributed by atoms with Crippen molar-refractivity contribution >= 4 is 12.0 Å². The van der Waals surface area contributed by atoms with Gasteiger partial charge in [-0.15, -0.1) is 0 Å². The molecule has 1 aromatic rings. The zero-order valence-electron chi connectivity index (χ0n) is 18.7. The molecule has 2 amide bonds. The molecule has 4 unspecified atom stereocenters. The minimum Gasteiger partial charge on any atom is -0.434 e. The van der Waals surface area contributed by atoms with Gasteiger partial charge in [-0.2, -0.15) is 0 Å². The van der Waals surface area contributed by atoms with E-state index in [1.807, 2.05) is 48.6 Å². The number of hydrogen-bond acceptors (Lipinski definition) is 6. The molecule has 1 fully saturated rings. The topological polar surface area (TPSA) is 103 Å². The molecule has 2 aliphatic rings. The van der Waals surface area contributed by atoms with E-state index in [0.717, 1.165) is 18.5 Å². The molecule has 4 atom stereocenters. The second kappa shape index (κ2) is 11.7. The summed E-state index contributed by atoms with van der Waals surface area (Å²) in [4.78, 5) is 26.7. The molecule has 2 aliphatic heterocycles. The number of allylic oxidation sites excluding steroid dienone is 2. The molecule has 0 radical (unpaired) electrons. The van der Waals surface area contributed by atoms with E-state index in [2.05, 4.69) is 29.8 Å². The van der Waals surface area contributed by atoms with Gasteiger partial charge in [0.1, 0.15) is 6.17 Å². The number of nitrogens with zero attached hydrogens (tertiary/aromatic N) is 1. The Morgan fingerprint density at radius 3 is 2.75 bits per heavy atom. The zero-order chi connectivity index (χ0) is 22.9. The van der Waals surface area contributed by atoms with Crippen molar-refractivity contribution in [1.82, 2.24) is 20.9 Å². The van der Waals surface area contributed by atoms with Crippen molar-refractivity contribution < 1.29 is 19.4 Å². The van der Waals surface area contributed by atoms with Crippen LogP contribution in [0, 0.1) is 5.92 Å². The van der Waals surface area contributed by atoms with Gasteiger partial charge in [-0.25, -0.2) is 4.79 Å². The molecule has 2 heterocycles. The molecule has 0 saturated carbocycles. The lowest BCUT2D eigenvalue weighted by Crippen LogP contribution is -2.52. The highest BCUT2D eigenvalue weighted by atomic mass is 16.6. The lowest BCUT2D eigenvalue weighted by Gasteiger charge is -2.26. The maximum Gasteiger partial charge on any atom is 0.412 e. The molecule has 8 heteroatoms. The van der Waals surface area contributed by atoms with Crippen molar-refractivity contribution in [2.75, 3.05) is 19.6 Å².